The molecule has 1 aromatic heterocycles. The first kappa shape index (κ1) is 17.0. The molecule has 0 saturated heterocycles. The lowest BCUT2D eigenvalue weighted by molar-refractivity contribution is 0.102. The van der Waals surface area contributed by atoms with Crippen LogP contribution < -0.4 is 15.4 Å². The number of ether oxygens (including phenoxy) is 1. The quantitative estimate of drug-likeness (QED) is 0.724. The maximum atomic E-state index is 14.8. The summed E-state index contributed by atoms with van der Waals surface area (Å²) in [6, 6.07) is 9.25. The molecule has 2 heterocycles. The zero-order valence-electron chi connectivity index (χ0n) is 14.6. The van der Waals surface area contributed by atoms with Gasteiger partial charge in [-0.2, -0.15) is 0 Å². The predicted molar refractivity (Wildman–Crippen MR) is 103 cm³/mol. The van der Waals surface area contributed by atoms with Crippen molar-refractivity contribution in [1.29, 1.82) is 0 Å². The van der Waals surface area contributed by atoms with Crippen molar-refractivity contribution in [1.82, 2.24) is 5.32 Å². The predicted octanol–water partition coefficient (Wildman–Crippen LogP) is 4.26. The van der Waals surface area contributed by atoms with Gasteiger partial charge in [0.15, 0.2) is 0 Å². The Morgan fingerprint density at radius 2 is 2.15 bits per heavy atom. The topological polar surface area (TPSA) is 50.4 Å². The Kier molecular flexibility index (Phi) is 4.38. The lowest BCUT2D eigenvalue weighted by atomic mass is 9.99. The molecule has 0 unspecified atom stereocenters. The molecule has 0 saturated carbocycles. The van der Waals surface area contributed by atoms with Crippen LogP contribution in [-0.2, 0) is 13.0 Å². The van der Waals surface area contributed by atoms with Crippen LogP contribution in [-0.4, -0.2) is 19.6 Å². The zero-order valence-corrected chi connectivity index (χ0v) is 15.4. The summed E-state index contributed by atoms with van der Waals surface area (Å²) in [5.74, 6) is 0.146. The number of hydrogen-bond donors (Lipinski definition) is 2. The monoisotopic (exact) mass is 370 g/mol. The minimum Gasteiger partial charge on any atom is -0.497 e. The Labute approximate surface area is 155 Å². The van der Waals surface area contributed by atoms with Crippen molar-refractivity contribution < 1.29 is 13.9 Å². The standard InChI is InChI=1S/C20H19FN2O2S/c1-11-15-9-13(25-2)4-6-17(15)26-19(11)20(24)23-16-5-3-12-10-22-8-7-14(12)18(16)21/h3-6,9,22H,7-8,10H2,1-2H3,(H,23,24). The van der Waals surface area contributed by atoms with E-state index in [9.17, 15) is 9.18 Å². The fourth-order valence-corrected chi connectivity index (χ4v) is 4.44. The first-order chi connectivity index (χ1) is 12.6. The summed E-state index contributed by atoms with van der Waals surface area (Å²) in [6.07, 6.45) is 0.632. The van der Waals surface area contributed by atoms with Crippen molar-refractivity contribution in [3.05, 3.63) is 57.7 Å². The Morgan fingerprint density at radius 1 is 1.31 bits per heavy atom. The molecular formula is C20H19FN2O2S. The molecule has 4 nitrogen and oxygen atoms in total. The molecule has 2 aromatic carbocycles. The number of hydrogen-bond acceptors (Lipinski definition) is 4. The molecule has 0 atom stereocenters. The molecule has 134 valence electrons. The molecule has 0 spiro atoms. The van der Waals surface area contributed by atoms with Gasteiger partial charge < -0.3 is 15.4 Å². The van der Waals surface area contributed by atoms with Gasteiger partial charge in [-0.25, -0.2) is 4.39 Å². The summed E-state index contributed by atoms with van der Waals surface area (Å²) in [5.41, 5.74) is 2.77. The minimum absolute atomic E-state index is 0.241. The molecule has 2 N–H and O–H groups in total. The van der Waals surface area contributed by atoms with E-state index in [1.165, 1.54) is 11.3 Å². The van der Waals surface area contributed by atoms with Crippen LogP contribution in [0.3, 0.4) is 0 Å². The molecule has 1 amide bonds. The highest BCUT2D eigenvalue weighted by atomic mass is 32.1. The molecule has 0 aliphatic carbocycles. The fourth-order valence-electron chi connectivity index (χ4n) is 3.35. The Morgan fingerprint density at radius 3 is 2.96 bits per heavy atom. The van der Waals surface area contributed by atoms with Gasteiger partial charge in [0.2, 0.25) is 0 Å². The maximum Gasteiger partial charge on any atom is 0.266 e. The minimum atomic E-state index is -0.321. The van der Waals surface area contributed by atoms with Crippen LogP contribution in [0.25, 0.3) is 10.1 Å². The van der Waals surface area contributed by atoms with E-state index in [1.807, 2.05) is 31.2 Å². The third-order valence-electron chi connectivity index (χ3n) is 4.81. The second kappa shape index (κ2) is 6.70. The first-order valence-corrected chi connectivity index (χ1v) is 9.29. The second-order valence-corrected chi connectivity index (χ2v) is 7.42. The molecule has 26 heavy (non-hydrogen) atoms. The normalized spacial score (nSPS) is 13.5. The average Bonchev–Trinajstić information content (AvgIpc) is 3.00. The van der Waals surface area contributed by atoms with Crippen LogP contribution in [0.15, 0.2) is 30.3 Å². The molecule has 6 heteroatoms. The number of methoxy groups -OCH3 is 1. The Bertz CT molecular complexity index is 1010. The molecule has 0 radical (unpaired) electrons. The highest BCUT2D eigenvalue weighted by molar-refractivity contribution is 7.21. The number of thiophene rings is 1. The van der Waals surface area contributed by atoms with E-state index in [-0.39, 0.29) is 17.4 Å². The van der Waals surface area contributed by atoms with Gasteiger partial charge in [-0.15, -0.1) is 11.3 Å². The second-order valence-electron chi connectivity index (χ2n) is 6.36. The SMILES string of the molecule is COc1ccc2sc(C(=O)Nc3ccc4c(c3F)CCNC4)c(C)c2c1. The molecule has 1 aliphatic rings. The summed E-state index contributed by atoms with van der Waals surface area (Å²) in [7, 11) is 1.62. The first-order valence-electron chi connectivity index (χ1n) is 8.48. The Hall–Kier alpha value is -2.44. The van der Waals surface area contributed by atoms with Crippen molar-refractivity contribution in [2.75, 3.05) is 19.0 Å². The summed E-state index contributed by atoms with van der Waals surface area (Å²) in [6.45, 7) is 3.32. The van der Waals surface area contributed by atoms with E-state index in [0.29, 0.717) is 23.4 Å². The maximum absolute atomic E-state index is 14.8. The van der Waals surface area contributed by atoms with Crippen LogP contribution in [0.2, 0.25) is 0 Å². The summed E-state index contributed by atoms with van der Waals surface area (Å²) >= 11 is 1.41. The number of aryl methyl sites for hydroxylation is 1. The van der Waals surface area contributed by atoms with Crippen LogP contribution >= 0.6 is 11.3 Å². The summed E-state index contributed by atoms with van der Waals surface area (Å²) in [4.78, 5) is 13.4. The van der Waals surface area contributed by atoms with E-state index >= 15 is 0 Å². The van der Waals surface area contributed by atoms with Crippen molar-refractivity contribution in [3.63, 3.8) is 0 Å². The number of rotatable bonds is 3. The smallest absolute Gasteiger partial charge is 0.266 e. The highest BCUT2D eigenvalue weighted by Crippen LogP contribution is 2.34. The highest BCUT2D eigenvalue weighted by Gasteiger charge is 2.20. The largest absolute Gasteiger partial charge is 0.497 e. The number of benzene rings is 2. The van der Waals surface area contributed by atoms with Gasteiger partial charge in [0.05, 0.1) is 17.7 Å². The number of carbonyl (C=O) groups excluding carboxylic acids is 1. The number of amides is 1. The average molecular weight is 370 g/mol. The fraction of sp³-hybridized carbons (Fsp3) is 0.250. The molecule has 0 bridgehead atoms. The number of halogens is 1. The van der Waals surface area contributed by atoms with E-state index in [1.54, 1.807) is 13.2 Å². The Balaban J connectivity index is 1.67. The van der Waals surface area contributed by atoms with E-state index in [4.69, 9.17) is 4.74 Å². The third kappa shape index (κ3) is 2.85. The molecule has 0 fully saturated rings. The lowest BCUT2D eigenvalue weighted by Crippen LogP contribution is -2.25. The van der Waals surface area contributed by atoms with Gasteiger partial charge in [0.1, 0.15) is 11.6 Å². The van der Waals surface area contributed by atoms with Gasteiger partial charge in [-0.05, 0) is 66.2 Å². The number of anilines is 1. The summed E-state index contributed by atoms with van der Waals surface area (Å²) < 4.78 is 21.0. The van der Waals surface area contributed by atoms with Crippen LogP contribution in [0, 0.1) is 12.7 Å². The number of fused-ring (bicyclic) bond motifs is 2. The van der Waals surface area contributed by atoms with Crippen LogP contribution in [0.5, 0.6) is 5.75 Å². The van der Waals surface area contributed by atoms with Crippen LogP contribution in [0.4, 0.5) is 10.1 Å². The van der Waals surface area contributed by atoms with Gasteiger partial charge in [-0.1, -0.05) is 6.07 Å². The van der Waals surface area contributed by atoms with Crippen molar-refractivity contribution in [3.8, 4) is 5.75 Å². The van der Waals surface area contributed by atoms with Crippen LogP contribution in [0.1, 0.15) is 26.4 Å². The lowest BCUT2D eigenvalue weighted by Gasteiger charge is -2.19. The third-order valence-corrected chi connectivity index (χ3v) is 6.08. The summed E-state index contributed by atoms with van der Waals surface area (Å²) in [5, 5.41) is 6.96. The van der Waals surface area contributed by atoms with Gasteiger partial charge in [-0.3, -0.25) is 4.79 Å². The molecule has 3 aromatic rings. The van der Waals surface area contributed by atoms with E-state index in [0.717, 1.165) is 33.5 Å². The van der Waals surface area contributed by atoms with E-state index in [2.05, 4.69) is 10.6 Å². The number of carbonyl (C=O) groups is 1. The molecule has 4 rings (SSSR count). The number of nitrogens with one attached hydrogen (secondary N) is 2. The van der Waals surface area contributed by atoms with Crippen molar-refractivity contribution in [2.45, 2.75) is 19.9 Å². The van der Waals surface area contributed by atoms with E-state index < -0.39 is 0 Å². The van der Waals surface area contributed by atoms with Crippen molar-refractivity contribution in [2.24, 2.45) is 0 Å². The zero-order chi connectivity index (χ0) is 18.3. The molecule has 1 aliphatic heterocycles. The van der Waals surface area contributed by atoms with Gasteiger partial charge in [0.25, 0.3) is 5.91 Å². The van der Waals surface area contributed by atoms with Gasteiger partial charge >= 0.3 is 0 Å². The molecular weight excluding hydrogens is 351 g/mol. The van der Waals surface area contributed by atoms with Crippen molar-refractivity contribution >= 4 is 33.0 Å². The van der Waals surface area contributed by atoms with Gasteiger partial charge in [0, 0.05) is 11.2 Å².